The first-order valence-electron chi connectivity index (χ1n) is 7.45. The van der Waals surface area contributed by atoms with Gasteiger partial charge in [0.05, 0.1) is 18.6 Å². The van der Waals surface area contributed by atoms with Gasteiger partial charge in [0.15, 0.2) is 0 Å². The lowest BCUT2D eigenvalue weighted by Gasteiger charge is -2.22. The van der Waals surface area contributed by atoms with E-state index in [1.807, 2.05) is 0 Å². The number of hydrogen-bond donors (Lipinski definition) is 0. The summed E-state index contributed by atoms with van der Waals surface area (Å²) in [7, 11) is 7.59. The first-order chi connectivity index (χ1) is 10.0. The second kappa shape index (κ2) is 8.37. The minimum absolute atomic E-state index is 0. The summed E-state index contributed by atoms with van der Waals surface area (Å²) in [6.07, 6.45) is 7.82. The standard InChI is InChI=1S/C13H24BO4P3.H2/c1-2-3-8(18-21)4-5-9-10-6-13(15)16-11(10)7-12(9)17-14(19)20;/h4-5,8-12H,2-3,6-7,19-21H2,1H3;1H/b5-4+;/t8-,9-,10-,11+,12-;/m1./s1/i;1+2. The van der Waals surface area contributed by atoms with Crippen LogP contribution in [-0.4, -0.2) is 30.6 Å². The third kappa shape index (κ3) is 4.73. The Hall–Kier alpha value is 0.485. The van der Waals surface area contributed by atoms with Gasteiger partial charge in [0.2, 0.25) is 0 Å². The number of rotatable bonds is 7. The highest BCUT2D eigenvalue weighted by Gasteiger charge is 2.49. The van der Waals surface area contributed by atoms with Crippen LogP contribution in [0.5, 0.6) is 0 Å². The Morgan fingerprint density at radius 3 is 2.95 bits per heavy atom. The van der Waals surface area contributed by atoms with Crippen LogP contribution >= 0.6 is 27.7 Å². The molecule has 0 amide bonds. The van der Waals surface area contributed by atoms with Crippen molar-refractivity contribution in [3.8, 4) is 0 Å². The van der Waals surface area contributed by atoms with Gasteiger partial charge in [-0.25, -0.2) is 0 Å². The maximum absolute atomic E-state index is 11.5. The Balaban J connectivity index is 0.00000242. The van der Waals surface area contributed by atoms with E-state index in [-0.39, 0.29) is 43.9 Å². The van der Waals surface area contributed by atoms with E-state index in [4.69, 9.17) is 13.9 Å². The van der Waals surface area contributed by atoms with Crippen LogP contribution in [0.3, 0.4) is 0 Å². The maximum Gasteiger partial charge on any atom is 0.336 e. The van der Waals surface area contributed by atoms with Crippen molar-refractivity contribution < 1.29 is 20.1 Å². The number of hydrogen-bond acceptors (Lipinski definition) is 4. The highest BCUT2D eigenvalue weighted by atomic mass is 31.1. The quantitative estimate of drug-likeness (QED) is 0.306. The highest BCUT2D eigenvalue weighted by Crippen LogP contribution is 2.44. The second-order valence-corrected chi connectivity index (χ2v) is 8.05. The first kappa shape index (κ1) is 17.8. The zero-order chi connectivity index (χ0) is 15.4. The molecule has 2 rings (SSSR count). The monoisotopic (exact) mass is 352 g/mol. The average Bonchev–Trinajstić information content (AvgIpc) is 2.90. The fourth-order valence-electron chi connectivity index (χ4n) is 3.26. The van der Waals surface area contributed by atoms with Crippen molar-refractivity contribution >= 4 is 40.0 Å². The minimum Gasteiger partial charge on any atom is -0.462 e. The van der Waals surface area contributed by atoms with Gasteiger partial charge < -0.3 is 13.9 Å². The van der Waals surface area contributed by atoms with E-state index in [1.54, 1.807) is 0 Å². The molecule has 0 N–H and O–H groups in total. The molecule has 0 aromatic carbocycles. The Kier molecular flexibility index (Phi) is 7.11. The molecule has 4 nitrogen and oxygen atoms in total. The van der Waals surface area contributed by atoms with Gasteiger partial charge in [-0.3, -0.25) is 4.79 Å². The molecule has 1 aliphatic carbocycles. The van der Waals surface area contributed by atoms with Gasteiger partial charge >= 0.3 is 12.3 Å². The van der Waals surface area contributed by atoms with Gasteiger partial charge in [-0.1, -0.05) is 25.5 Å². The molecule has 1 saturated carbocycles. The number of fused-ring (bicyclic) bond motifs is 1. The van der Waals surface area contributed by atoms with Crippen molar-refractivity contribution in [2.45, 2.75) is 50.9 Å². The highest BCUT2D eigenvalue weighted by molar-refractivity contribution is 7.92. The van der Waals surface area contributed by atoms with Crippen molar-refractivity contribution in [1.29, 1.82) is 0 Å². The molecule has 0 aromatic rings. The molecule has 0 spiro atoms. The zero-order valence-electron chi connectivity index (χ0n) is 12.3. The lowest BCUT2D eigenvalue weighted by molar-refractivity contribution is -0.141. The number of carbonyl (C=O) groups is 1. The van der Waals surface area contributed by atoms with E-state index in [2.05, 4.69) is 46.8 Å². The SMILES string of the molecule is CCC[C@H](/C=C/[C@@H]1[C@H]2CC(=O)O[C@H]2C[C@H]1OB(P)P)OP.[3HH]. The van der Waals surface area contributed by atoms with Crippen LogP contribution in [0.25, 0.3) is 0 Å². The molecule has 0 aromatic heterocycles. The molecular weight excluding hydrogens is 324 g/mol. The van der Waals surface area contributed by atoms with Gasteiger partial charge in [-0.2, -0.15) is 0 Å². The fraction of sp³-hybridized carbons (Fsp3) is 0.769. The first-order valence-corrected chi connectivity index (χ1v) is 9.25. The van der Waals surface area contributed by atoms with E-state index in [1.165, 1.54) is 0 Å². The van der Waals surface area contributed by atoms with Gasteiger partial charge in [-0.05, 0) is 6.42 Å². The smallest absolute Gasteiger partial charge is 0.336 e. The molecule has 120 valence electrons. The summed E-state index contributed by atoms with van der Waals surface area (Å²) in [5.74, 6) is 0.367. The normalized spacial score (nSPS) is 33.2. The molecule has 2 fully saturated rings. The Morgan fingerprint density at radius 1 is 1.57 bits per heavy atom. The van der Waals surface area contributed by atoms with E-state index in [0.29, 0.717) is 6.42 Å². The zero-order valence-corrected chi connectivity index (χ0v) is 15.8. The number of ether oxygens (including phenoxy) is 1. The van der Waals surface area contributed by atoms with Crippen molar-refractivity contribution in [3.05, 3.63) is 12.2 Å². The predicted octanol–water partition coefficient (Wildman–Crippen LogP) is 2.84. The topological polar surface area (TPSA) is 44.8 Å². The van der Waals surface area contributed by atoms with E-state index in [9.17, 15) is 4.79 Å². The molecule has 8 atom stereocenters. The largest absolute Gasteiger partial charge is 0.462 e. The molecule has 2 aliphatic rings. The molecule has 21 heavy (non-hydrogen) atoms. The van der Waals surface area contributed by atoms with E-state index in [0.717, 1.165) is 19.3 Å². The van der Waals surface area contributed by atoms with Gasteiger partial charge in [0.1, 0.15) is 6.10 Å². The second-order valence-electron chi connectivity index (χ2n) is 5.70. The molecule has 1 aliphatic heterocycles. The molecule has 1 heterocycles. The summed E-state index contributed by atoms with van der Waals surface area (Å²) >= 11 is 0. The Labute approximate surface area is 135 Å². The summed E-state index contributed by atoms with van der Waals surface area (Å²) in [6.45, 7) is 2.14. The molecule has 3 unspecified atom stereocenters. The van der Waals surface area contributed by atoms with E-state index < -0.39 is 0 Å². The van der Waals surface area contributed by atoms with Crippen LogP contribution in [0.4, 0.5) is 0 Å². The van der Waals surface area contributed by atoms with Gasteiger partial charge in [-0.15, -0.1) is 18.2 Å². The van der Waals surface area contributed by atoms with E-state index >= 15 is 0 Å². The van der Waals surface area contributed by atoms with Crippen molar-refractivity contribution in [1.82, 2.24) is 0 Å². The Morgan fingerprint density at radius 2 is 2.33 bits per heavy atom. The molecule has 0 bridgehead atoms. The molecule has 0 radical (unpaired) electrons. The summed E-state index contributed by atoms with van der Waals surface area (Å²) < 4.78 is 16.7. The summed E-state index contributed by atoms with van der Waals surface area (Å²) in [6, 6.07) is 0. The number of esters is 1. The molecule has 8 heteroatoms. The lowest BCUT2D eigenvalue weighted by atomic mass is 9.91. The minimum atomic E-state index is -0.0810. The average molecular weight is 352 g/mol. The van der Waals surface area contributed by atoms with Crippen LogP contribution in [0, 0.1) is 11.8 Å². The van der Waals surface area contributed by atoms with Crippen LogP contribution in [-0.2, 0) is 18.7 Å². The van der Waals surface area contributed by atoms with Gasteiger partial charge in [0, 0.05) is 29.2 Å². The third-order valence-corrected chi connectivity index (χ3v) is 4.84. The molecular formula is C13H26BO4P3. The fourth-order valence-corrected chi connectivity index (χ4v) is 3.89. The lowest BCUT2D eigenvalue weighted by Crippen LogP contribution is -2.24. The summed E-state index contributed by atoms with van der Waals surface area (Å²) in [5, 5.41) is 0. The predicted molar refractivity (Wildman–Crippen MR) is 96.9 cm³/mol. The van der Waals surface area contributed by atoms with Crippen LogP contribution in [0.1, 0.15) is 34.0 Å². The van der Waals surface area contributed by atoms with Crippen LogP contribution in [0.15, 0.2) is 12.2 Å². The maximum atomic E-state index is 11.5. The van der Waals surface area contributed by atoms with Gasteiger partial charge in [0.25, 0.3) is 0 Å². The molecule has 1 saturated heterocycles. The van der Waals surface area contributed by atoms with Crippen LogP contribution < -0.4 is 0 Å². The Bertz CT molecular complexity index is 399. The number of carbonyl (C=O) groups excluding carboxylic acids is 1. The summed E-state index contributed by atoms with van der Waals surface area (Å²) in [4.78, 5) is 11.5. The van der Waals surface area contributed by atoms with Crippen molar-refractivity contribution in [3.63, 3.8) is 0 Å². The van der Waals surface area contributed by atoms with Crippen molar-refractivity contribution in [2.24, 2.45) is 11.8 Å². The van der Waals surface area contributed by atoms with Crippen LogP contribution in [0.2, 0.25) is 0 Å². The summed E-state index contributed by atoms with van der Waals surface area (Å²) in [5.41, 5.74) is 0. The third-order valence-electron chi connectivity index (χ3n) is 4.18. The van der Waals surface area contributed by atoms with Crippen molar-refractivity contribution in [2.75, 3.05) is 0 Å².